The summed E-state index contributed by atoms with van der Waals surface area (Å²) in [5.74, 6) is -1.00. The fourth-order valence-electron chi connectivity index (χ4n) is 2.31. The summed E-state index contributed by atoms with van der Waals surface area (Å²) >= 11 is 12.4. The van der Waals surface area contributed by atoms with E-state index in [0.717, 1.165) is 19.3 Å². The number of hydrogen-bond donors (Lipinski definition) is 3. The number of aromatic hydroxyl groups is 1. The van der Waals surface area contributed by atoms with Crippen molar-refractivity contribution in [3.8, 4) is 29.1 Å². The number of ether oxygens (including phenoxy) is 1. The molecule has 0 unspecified atom stereocenters. The van der Waals surface area contributed by atoms with E-state index in [2.05, 4.69) is 10.1 Å². The van der Waals surface area contributed by atoms with Crippen LogP contribution in [0.1, 0.15) is 5.69 Å². The second-order valence-corrected chi connectivity index (χ2v) is 8.34. The summed E-state index contributed by atoms with van der Waals surface area (Å²) in [6, 6.07) is 4.92. The van der Waals surface area contributed by atoms with Crippen LogP contribution in [0.4, 0.5) is 0 Å². The average molecular weight is 485 g/mol. The minimum Gasteiger partial charge on any atom is -0.505 e. The van der Waals surface area contributed by atoms with Gasteiger partial charge in [0.25, 0.3) is 5.56 Å². The van der Waals surface area contributed by atoms with E-state index in [4.69, 9.17) is 33.2 Å². The summed E-state index contributed by atoms with van der Waals surface area (Å²) in [7, 11) is -2.85. The number of aromatic nitrogens is 4. The van der Waals surface area contributed by atoms with E-state index in [-0.39, 0.29) is 27.4 Å². The molecule has 3 aromatic rings. The summed E-state index contributed by atoms with van der Waals surface area (Å²) in [6.07, 6.45) is 0.864. The molecule has 31 heavy (non-hydrogen) atoms. The predicted octanol–water partition coefficient (Wildman–Crippen LogP) is 0.900. The Hall–Kier alpha value is -3.44. The van der Waals surface area contributed by atoms with Crippen molar-refractivity contribution in [1.29, 1.82) is 5.26 Å². The largest absolute Gasteiger partial charge is 0.505 e. The normalized spacial score (nSPS) is 11.2. The Labute approximate surface area is 183 Å². The molecule has 0 saturated carbocycles. The summed E-state index contributed by atoms with van der Waals surface area (Å²) in [4.78, 5) is 28.7. The topological polar surface area (TPSA) is 180 Å². The molecule has 160 valence electrons. The Morgan fingerprint density at radius 2 is 1.90 bits per heavy atom. The molecular weight excluding hydrogens is 475 g/mol. The minimum atomic E-state index is -4.01. The maximum Gasteiger partial charge on any atom is 0.349 e. The summed E-state index contributed by atoms with van der Waals surface area (Å²) in [6.45, 7) is 0. The van der Waals surface area contributed by atoms with Gasteiger partial charge in [-0.05, 0) is 19.2 Å². The zero-order valence-corrected chi connectivity index (χ0v) is 17.6. The molecule has 0 aliphatic rings. The van der Waals surface area contributed by atoms with Gasteiger partial charge in [-0.1, -0.05) is 23.2 Å². The fourth-order valence-corrected chi connectivity index (χ4v) is 3.67. The van der Waals surface area contributed by atoms with Crippen LogP contribution in [0.5, 0.6) is 17.4 Å². The number of nitrogens with one attached hydrogen (secondary N) is 2. The Morgan fingerprint density at radius 1 is 1.26 bits per heavy atom. The lowest BCUT2D eigenvalue weighted by atomic mass is 10.3. The molecule has 1 aromatic carbocycles. The van der Waals surface area contributed by atoms with Crippen LogP contribution in [0.2, 0.25) is 10.0 Å². The zero-order valence-electron chi connectivity index (χ0n) is 15.3. The number of pyridine rings is 1. The van der Waals surface area contributed by atoms with Crippen LogP contribution in [-0.2, 0) is 10.0 Å². The summed E-state index contributed by atoms with van der Waals surface area (Å²) in [5.41, 5.74) is -2.44. The van der Waals surface area contributed by atoms with Crippen molar-refractivity contribution in [3.63, 3.8) is 0 Å². The van der Waals surface area contributed by atoms with Crippen LogP contribution >= 0.6 is 23.2 Å². The maximum absolute atomic E-state index is 12.0. The highest BCUT2D eigenvalue weighted by Gasteiger charge is 2.20. The van der Waals surface area contributed by atoms with E-state index >= 15 is 0 Å². The molecule has 15 heteroatoms. The molecule has 2 heterocycles. The molecule has 0 amide bonds. The van der Waals surface area contributed by atoms with Crippen LogP contribution in [0.15, 0.2) is 38.9 Å². The fraction of sp³-hybridized carbons (Fsp3) is 0.0625. The second kappa shape index (κ2) is 8.36. The van der Waals surface area contributed by atoms with Crippen LogP contribution in [0.25, 0.3) is 5.69 Å². The molecule has 0 fully saturated rings. The van der Waals surface area contributed by atoms with Crippen LogP contribution in [0, 0.1) is 11.3 Å². The molecule has 3 N–H and O–H groups in total. The number of hydrogen-bond acceptors (Lipinski definition) is 9. The highest BCUT2D eigenvalue weighted by Crippen LogP contribution is 2.38. The lowest BCUT2D eigenvalue weighted by Crippen LogP contribution is -2.33. The first-order valence-electron chi connectivity index (χ1n) is 8.01. The second-order valence-electron chi connectivity index (χ2n) is 5.67. The van der Waals surface area contributed by atoms with E-state index in [1.807, 2.05) is 9.71 Å². The van der Waals surface area contributed by atoms with Gasteiger partial charge in [-0.2, -0.15) is 9.94 Å². The van der Waals surface area contributed by atoms with Gasteiger partial charge in [-0.25, -0.2) is 22.9 Å². The third-order valence-corrected chi connectivity index (χ3v) is 5.75. The van der Waals surface area contributed by atoms with Gasteiger partial charge in [-0.3, -0.25) is 9.78 Å². The van der Waals surface area contributed by atoms with E-state index in [0.29, 0.717) is 4.68 Å². The molecule has 0 spiro atoms. The molecule has 0 atom stereocenters. The minimum absolute atomic E-state index is 0.0113. The number of nitrogens with zero attached hydrogens (tertiary/aromatic N) is 4. The molecular formula is C16H10Cl2N6O6S. The number of halogens is 2. The third kappa shape index (κ3) is 4.37. The number of benzene rings is 1. The quantitative estimate of drug-likeness (QED) is 0.473. The molecule has 0 aliphatic carbocycles. The highest BCUT2D eigenvalue weighted by atomic mass is 35.5. The summed E-state index contributed by atoms with van der Waals surface area (Å²) in [5, 5.41) is 22.1. The first kappa shape index (κ1) is 22.2. The molecule has 3 rings (SSSR count). The van der Waals surface area contributed by atoms with E-state index in [9.17, 15) is 23.1 Å². The number of H-pyrrole nitrogens is 1. The van der Waals surface area contributed by atoms with Crippen molar-refractivity contribution >= 4 is 33.2 Å². The number of aromatic amines is 1. The standard InChI is InChI=1S/C16H10Cl2N6O6S/c1-20-31(28,29)12-4-13(21-6-11(12)25)30-14-8(17)2-7(3-9(14)18)24-16(27)22-15(26)10(5-19)23-24/h2-4,6,20,25H,1H3,(H,22,26,27). The molecule has 0 saturated heterocycles. The van der Waals surface area contributed by atoms with Gasteiger partial charge in [0.1, 0.15) is 11.0 Å². The smallest absolute Gasteiger partial charge is 0.349 e. The molecule has 0 radical (unpaired) electrons. The average Bonchev–Trinajstić information content (AvgIpc) is 2.71. The maximum atomic E-state index is 12.0. The van der Waals surface area contributed by atoms with E-state index in [1.165, 1.54) is 12.1 Å². The predicted molar refractivity (Wildman–Crippen MR) is 107 cm³/mol. The van der Waals surface area contributed by atoms with Crippen LogP contribution in [-0.4, -0.2) is 40.3 Å². The molecule has 12 nitrogen and oxygen atoms in total. The van der Waals surface area contributed by atoms with Crippen molar-refractivity contribution in [2.45, 2.75) is 4.90 Å². The van der Waals surface area contributed by atoms with Gasteiger partial charge in [0.15, 0.2) is 11.5 Å². The monoisotopic (exact) mass is 484 g/mol. The molecule has 0 bridgehead atoms. The van der Waals surface area contributed by atoms with Gasteiger partial charge in [0.05, 0.1) is 21.9 Å². The van der Waals surface area contributed by atoms with Gasteiger partial charge in [0.2, 0.25) is 21.6 Å². The van der Waals surface area contributed by atoms with Gasteiger partial charge in [0, 0.05) is 6.07 Å². The van der Waals surface area contributed by atoms with E-state index < -0.39 is 37.6 Å². The van der Waals surface area contributed by atoms with Crippen molar-refractivity contribution < 1.29 is 18.3 Å². The van der Waals surface area contributed by atoms with Crippen molar-refractivity contribution in [2.24, 2.45) is 0 Å². The first-order valence-corrected chi connectivity index (χ1v) is 10.2. The Balaban J connectivity index is 2.06. The number of rotatable bonds is 5. The molecule has 0 aliphatic heterocycles. The number of sulfonamides is 1. The SMILES string of the molecule is CNS(=O)(=O)c1cc(Oc2c(Cl)cc(-n3nc(C#N)c(=O)[nH]c3=O)cc2Cl)ncc1O. The third-order valence-electron chi connectivity index (χ3n) is 3.75. The van der Waals surface area contributed by atoms with Crippen molar-refractivity contribution in [2.75, 3.05) is 7.05 Å². The van der Waals surface area contributed by atoms with Crippen molar-refractivity contribution in [3.05, 3.63) is 61.0 Å². The van der Waals surface area contributed by atoms with Gasteiger partial charge in [-0.15, -0.1) is 5.10 Å². The Bertz CT molecular complexity index is 1440. The van der Waals surface area contributed by atoms with Crippen LogP contribution < -0.4 is 20.7 Å². The van der Waals surface area contributed by atoms with Crippen molar-refractivity contribution in [1.82, 2.24) is 24.5 Å². The lowest BCUT2D eigenvalue weighted by molar-refractivity contribution is 0.434. The number of nitriles is 1. The van der Waals surface area contributed by atoms with E-state index in [1.54, 1.807) is 6.07 Å². The zero-order chi connectivity index (χ0) is 22.9. The Morgan fingerprint density at radius 3 is 2.48 bits per heavy atom. The van der Waals surface area contributed by atoms with Crippen LogP contribution in [0.3, 0.4) is 0 Å². The van der Waals surface area contributed by atoms with Gasteiger partial charge < -0.3 is 9.84 Å². The first-order chi connectivity index (χ1) is 14.6. The highest BCUT2D eigenvalue weighted by molar-refractivity contribution is 7.89. The van der Waals surface area contributed by atoms with Gasteiger partial charge >= 0.3 is 5.69 Å². The molecule has 2 aromatic heterocycles. The summed E-state index contributed by atoms with van der Waals surface area (Å²) < 4.78 is 32.2. The Kier molecular flexibility index (Phi) is 6.00. The lowest BCUT2D eigenvalue weighted by Gasteiger charge is -2.12.